The van der Waals surface area contributed by atoms with E-state index in [-0.39, 0.29) is 5.91 Å². The van der Waals surface area contributed by atoms with Gasteiger partial charge in [-0.3, -0.25) is 4.79 Å². The van der Waals surface area contributed by atoms with E-state index in [1.165, 1.54) is 5.56 Å². The molecule has 28 heavy (non-hydrogen) atoms. The fourth-order valence-corrected chi connectivity index (χ4v) is 4.26. The standard InChI is InChI=1S/C22H23N3O2S/c1-3-27-18-10-8-17(9-11-18)21(26)23-14-19-20(16-6-4-15(2)5-7-16)24-22-25(19)12-13-28-22/h4-11H,3,12-14H2,1-2H3,(H,23,26). The summed E-state index contributed by atoms with van der Waals surface area (Å²) in [7, 11) is 0. The SMILES string of the molecule is CCOc1ccc(C(=O)NCc2c(-c3ccc(C)cc3)nc3n2CCS3)cc1. The summed E-state index contributed by atoms with van der Waals surface area (Å²) in [4.78, 5) is 17.4. The van der Waals surface area contributed by atoms with Crippen LogP contribution in [-0.2, 0) is 13.1 Å². The number of ether oxygens (including phenoxy) is 1. The summed E-state index contributed by atoms with van der Waals surface area (Å²) < 4.78 is 7.66. The number of nitrogens with one attached hydrogen (secondary N) is 1. The summed E-state index contributed by atoms with van der Waals surface area (Å²) in [5, 5.41) is 4.08. The van der Waals surface area contributed by atoms with Crippen LogP contribution in [-0.4, -0.2) is 27.8 Å². The van der Waals surface area contributed by atoms with Crippen LogP contribution in [0.5, 0.6) is 5.75 Å². The molecule has 6 heteroatoms. The van der Waals surface area contributed by atoms with Gasteiger partial charge in [-0.2, -0.15) is 0 Å². The number of thioether (sulfide) groups is 1. The molecule has 4 rings (SSSR count). The van der Waals surface area contributed by atoms with Crippen LogP contribution in [0, 0.1) is 6.92 Å². The first-order chi connectivity index (χ1) is 13.7. The molecule has 0 saturated carbocycles. The molecule has 1 aliphatic rings. The van der Waals surface area contributed by atoms with Gasteiger partial charge < -0.3 is 14.6 Å². The molecular formula is C22H23N3O2S. The van der Waals surface area contributed by atoms with Crippen molar-refractivity contribution in [2.45, 2.75) is 32.1 Å². The van der Waals surface area contributed by atoms with Gasteiger partial charge in [0.25, 0.3) is 5.91 Å². The highest BCUT2D eigenvalue weighted by molar-refractivity contribution is 7.99. The fraction of sp³-hybridized carbons (Fsp3) is 0.273. The van der Waals surface area contributed by atoms with Crippen molar-refractivity contribution in [3.8, 4) is 17.0 Å². The Bertz CT molecular complexity index is 978. The van der Waals surface area contributed by atoms with Crippen LogP contribution in [0.25, 0.3) is 11.3 Å². The van der Waals surface area contributed by atoms with Gasteiger partial charge in [0.1, 0.15) is 5.75 Å². The van der Waals surface area contributed by atoms with E-state index in [4.69, 9.17) is 9.72 Å². The van der Waals surface area contributed by atoms with Crippen LogP contribution in [0.1, 0.15) is 28.5 Å². The van der Waals surface area contributed by atoms with Crippen molar-refractivity contribution in [3.63, 3.8) is 0 Å². The first-order valence-corrected chi connectivity index (χ1v) is 10.4. The monoisotopic (exact) mass is 393 g/mol. The number of carbonyl (C=O) groups excluding carboxylic acids is 1. The van der Waals surface area contributed by atoms with Crippen molar-refractivity contribution in [1.29, 1.82) is 0 Å². The zero-order chi connectivity index (χ0) is 19.5. The molecule has 3 aromatic rings. The molecule has 0 saturated heterocycles. The largest absolute Gasteiger partial charge is 0.494 e. The van der Waals surface area contributed by atoms with Crippen molar-refractivity contribution in [2.24, 2.45) is 0 Å². The van der Waals surface area contributed by atoms with E-state index in [1.54, 1.807) is 23.9 Å². The lowest BCUT2D eigenvalue weighted by molar-refractivity contribution is 0.0950. The Morgan fingerprint density at radius 3 is 2.64 bits per heavy atom. The van der Waals surface area contributed by atoms with E-state index >= 15 is 0 Å². The summed E-state index contributed by atoms with van der Waals surface area (Å²) in [5.74, 6) is 1.70. The third-order valence-corrected chi connectivity index (χ3v) is 5.71. The molecule has 1 aliphatic heterocycles. The van der Waals surface area contributed by atoms with Crippen LogP contribution >= 0.6 is 11.8 Å². The summed E-state index contributed by atoms with van der Waals surface area (Å²) in [5.41, 5.74) is 4.93. The predicted octanol–water partition coefficient (Wildman–Crippen LogP) is 4.29. The number of benzene rings is 2. The van der Waals surface area contributed by atoms with Crippen LogP contribution in [0.4, 0.5) is 0 Å². The molecule has 0 aliphatic carbocycles. The zero-order valence-electron chi connectivity index (χ0n) is 16.1. The van der Waals surface area contributed by atoms with Gasteiger partial charge in [-0.25, -0.2) is 4.98 Å². The van der Waals surface area contributed by atoms with Crippen molar-refractivity contribution in [1.82, 2.24) is 14.9 Å². The topological polar surface area (TPSA) is 56.1 Å². The average molecular weight is 394 g/mol. The smallest absolute Gasteiger partial charge is 0.251 e. The van der Waals surface area contributed by atoms with E-state index in [0.717, 1.165) is 40.2 Å². The maximum absolute atomic E-state index is 12.6. The molecule has 144 valence electrons. The number of aromatic nitrogens is 2. The van der Waals surface area contributed by atoms with Crippen molar-refractivity contribution < 1.29 is 9.53 Å². The lowest BCUT2D eigenvalue weighted by Crippen LogP contribution is -2.24. The maximum atomic E-state index is 12.6. The normalized spacial score (nSPS) is 12.6. The molecule has 5 nitrogen and oxygen atoms in total. The Balaban J connectivity index is 1.54. The molecule has 0 unspecified atom stereocenters. The number of hydrogen-bond acceptors (Lipinski definition) is 4. The minimum absolute atomic E-state index is 0.0981. The number of hydrogen-bond donors (Lipinski definition) is 1. The molecular weight excluding hydrogens is 370 g/mol. The molecule has 1 N–H and O–H groups in total. The molecule has 0 radical (unpaired) electrons. The first kappa shape index (κ1) is 18.6. The van der Waals surface area contributed by atoms with Gasteiger partial charge in [0.2, 0.25) is 0 Å². The third-order valence-electron chi connectivity index (χ3n) is 4.75. The fourth-order valence-electron chi connectivity index (χ4n) is 3.29. The van der Waals surface area contributed by atoms with Crippen LogP contribution in [0.2, 0.25) is 0 Å². The number of carbonyl (C=O) groups is 1. The number of imidazole rings is 1. The van der Waals surface area contributed by atoms with Gasteiger partial charge in [-0.1, -0.05) is 41.6 Å². The molecule has 0 atom stereocenters. The summed E-state index contributed by atoms with van der Waals surface area (Å²) in [6.45, 7) is 5.99. The second kappa shape index (κ2) is 8.10. The van der Waals surface area contributed by atoms with E-state index in [0.29, 0.717) is 18.7 Å². The quantitative estimate of drug-likeness (QED) is 0.679. The molecule has 0 fully saturated rings. The highest BCUT2D eigenvalue weighted by Gasteiger charge is 2.23. The highest BCUT2D eigenvalue weighted by atomic mass is 32.2. The molecule has 1 amide bonds. The third kappa shape index (κ3) is 3.78. The van der Waals surface area contributed by atoms with Gasteiger partial charge in [0, 0.05) is 23.4 Å². The minimum Gasteiger partial charge on any atom is -0.494 e. The Kier molecular flexibility index (Phi) is 5.39. The predicted molar refractivity (Wildman–Crippen MR) is 112 cm³/mol. The van der Waals surface area contributed by atoms with Gasteiger partial charge >= 0.3 is 0 Å². The summed E-state index contributed by atoms with van der Waals surface area (Å²) >= 11 is 1.76. The molecule has 2 heterocycles. The highest BCUT2D eigenvalue weighted by Crippen LogP contribution is 2.33. The molecule has 2 aromatic carbocycles. The minimum atomic E-state index is -0.0981. The van der Waals surface area contributed by atoms with Crippen LogP contribution in [0.15, 0.2) is 53.7 Å². The zero-order valence-corrected chi connectivity index (χ0v) is 16.9. The van der Waals surface area contributed by atoms with Gasteiger partial charge in [-0.05, 0) is 38.1 Å². The number of fused-ring (bicyclic) bond motifs is 1. The van der Waals surface area contributed by atoms with Gasteiger partial charge in [-0.15, -0.1) is 0 Å². The molecule has 1 aromatic heterocycles. The Morgan fingerprint density at radius 2 is 1.93 bits per heavy atom. The lowest BCUT2D eigenvalue weighted by atomic mass is 10.1. The summed E-state index contributed by atoms with van der Waals surface area (Å²) in [6.07, 6.45) is 0. The van der Waals surface area contributed by atoms with Gasteiger partial charge in [0.15, 0.2) is 5.16 Å². The Labute approximate surface area is 169 Å². The number of amides is 1. The Morgan fingerprint density at radius 1 is 1.18 bits per heavy atom. The van der Waals surface area contributed by atoms with E-state index in [1.807, 2.05) is 19.1 Å². The maximum Gasteiger partial charge on any atom is 0.251 e. The van der Waals surface area contributed by atoms with E-state index in [9.17, 15) is 4.79 Å². The Hall–Kier alpha value is -2.73. The second-order valence-corrected chi connectivity index (χ2v) is 7.76. The summed E-state index contributed by atoms with van der Waals surface area (Å²) in [6, 6.07) is 15.6. The number of aryl methyl sites for hydroxylation is 1. The van der Waals surface area contributed by atoms with Gasteiger partial charge in [0.05, 0.1) is 24.5 Å². The first-order valence-electron chi connectivity index (χ1n) is 9.46. The van der Waals surface area contributed by atoms with E-state index < -0.39 is 0 Å². The van der Waals surface area contributed by atoms with Crippen molar-refractivity contribution in [2.75, 3.05) is 12.4 Å². The lowest BCUT2D eigenvalue weighted by Gasteiger charge is -2.10. The van der Waals surface area contributed by atoms with Crippen molar-refractivity contribution in [3.05, 3.63) is 65.4 Å². The second-order valence-electron chi connectivity index (χ2n) is 6.70. The van der Waals surface area contributed by atoms with Crippen molar-refractivity contribution >= 4 is 17.7 Å². The number of nitrogens with zero attached hydrogens (tertiary/aromatic N) is 2. The number of rotatable bonds is 6. The van der Waals surface area contributed by atoms with Crippen LogP contribution < -0.4 is 10.1 Å². The molecule has 0 spiro atoms. The van der Waals surface area contributed by atoms with E-state index in [2.05, 4.69) is 41.1 Å². The average Bonchev–Trinajstić information content (AvgIpc) is 3.29. The van der Waals surface area contributed by atoms with Crippen LogP contribution in [0.3, 0.4) is 0 Å². The molecule has 0 bridgehead atoms.